The maximum absolute atomic E-state index is 12.9. The third kappa shape index (κ3) is 2.46. The lowest BCUT2D eigenvalue weighted by Crippen LogP contribution is -2.31. The van der Waals surface area contributed by atoms with Gasteiger partial charge in [-0.15, -0.1) is 22.7 Å². The van der Waals surface area contributed by atoms with Crippen molar-refractivity contribution < 1.29 is 14.3 Å². The molecule has 3 nitrogen and oxygen atoms in total. The molecule has 2 saturated carbocycles. The minimum atomic E-state index is -0.264. The number of epoxide rings is 1. The van der Waals surface area contributed by atoms with Crippen molar-refractivity contribution in [3.63, 3.8) is 0 Å². The van der Waals surface area contributed by atoms with Crippen molar-refractivity contribution in [2.24, 2.45) is 11.8 Å². The van der Waals surface area contributed by atoms with Crippen LogP contribution in [0.15, 0.2) is 35.0 Å². The Hall–Kier alpha value is -1.17. The van der Waals surface area contributed by atoms with E-state index in [1.807, 2.05) is 35.0 Å². The molecule has 120 valence electrons. The summed E-state index contributed by atoms with van der Waals surface area (Å²) >= 11 is 3.25. The Bertz CT molecular complexity index is 644. The van der Waals surface area contributed by atoms with Crippen LogP contribution in [0, 0.1) is 11.8 Å². The second kappa shape index (κ2) is 5.43. The molecule has 4 unspecified atom stereocenters. The topological polar surface area (TPSA) is 38.8 Å². The number of fused-ring (bicyclic) bond motifs is 5. The van der Waals surface area contributed by atoms with Gasteiger partial charge in [-0.3, -0.25) is 4.79 Å². The van der Waals surface area contributed by atoms with Crippen molar-refractivity contribution in [3.05, 3.63) is 44.8 Å². The number of esters is 1. The van der Waals surface area contributed by atoms with Crippen molar-refractivity contribution in [2.45, 2.75) is 43.5 Å². The lowest BCUT2D eigenvalue weighted by molar-refractivity contribution is -0.153. The highest BCUT2D eigenvalue weighted by atomic mass is 32.1. The molecule has 2 aromatic heterocycles. The van der Waals surface area contributed by atoms with E-state index in [-0.39, 0.29) is 18.0 Å². The first kappa shape index (κ1) is 14.2. The van der Waals surface area contributed by atoms with E-state index < -0.39 is 0 Å². The molecule has 23 heavy (non-hydrogen) atoms. The van der Waals surface area contributed by atoms with E-state index in [9.17, 15) is 4.79 Å². The van der Waals surface area contributed by atoms with Crippen LogP contribution in [-0.4, -0.2) is 24.3 Å². The number of thiophene rings is 2. The summed E-state index contributed by atoms with van der Waals surface area (Å²) in [5.74, 6) is 0.869. The fraction of sp³-hybridized carbons (Fsp3) is 0.500. The summed E-state index contributed by atoms with van der Waals surface area (Å²) in [6.45, 7) is 0. The Morgan fingerprint density at radius 2 is 1.65 bits per heavy atom. The molecule has 1 aliphatic heterocycles. The normalized spacial score (nSPS) is 34.4. The van der Waals surface area contributed by atoms with Crippen molar-refractivity contribution in [1.29, 1.82) is 0 Å². The highest BCUT2D eigenvalue weighted by Gasteiger charge is 2.59. The standard InChI is InChI=1S/C18H18O3S2/c19-18(15(13-3-1-5-22-13)14-4-2-6-23-14)20-12-8-10-7-11(9-12)17-16(10)21-17/h1-6,10-12,15-17H,7-9H2. The van der Waals surface area contributed by atoms with Crippen molar-refractivity contribution in [3.8, 4) is 0 Å². The molecule has 2 aliphatic carbocycles. The third-order valence-electron chi connectivity index (χ3n) is 5.40. The highest BCUT2D eigenvalue weighted by molar-refractivity contribution is 7.11. The van der Waals surface area contributed by atoms with Crippen LogP contribution in [0.5, 0.6) is 0 Å². The van der Waals surface area contributed by atoms with E-state index in [2.05, 4.69) is 0 Å². The van der Waals surface area contributed by atoms with Gasteiger partial charge in [0.15, 0.2) is 0 Å². The number of carbonyl (C=O) groups excluding carboxylic acids is 1. The highest BCUT2D eigenvalue weighted by Crippen LogP contribution is 2.54. The molecule has 2 bridgehead atoms. The second-order valence-electron chi connectivity index (χ2n) is 6.82. The zero-order valence-electron chi connectivity index (χ0n) is 12.6. The van der Waals surface area contributed by atoms with Gasteiger partial charge in [0, 0.05) is 9.75 Å². The van der Waals surface area contributed by atoms with Gasteiger partial charge in [-0.25, -0.2) is 0 Å². The van der Waals surface area contributed by atoms with Crippen LogP contribution in [0.2, 0.25) is 0 Å². The molecule has 0 radical (unpaired) electrons. The van der Waals surface area contributed by atoms with Gasteiger partial charge < -0.3 is 9.47 Å². The van der Waals surface area contributed by atoms with Crippen molar-refractivity contribution in [2.75, 3.05) is 0 Å². The lowest BCUT2D eigenvalue weighted by atomic mass is 9.85. The number of carbonyl (C=O) groups is 1. The molecular formula is C18H18O3S2. The zero-order chi connectivity index (χ0) is 15.4. The minimum Gasteiger partial charge on any atom is -0.462 e. The molecule has 0 spiro atoms. The van der Waals surface area contributed by atoms with E-state index in [4.69, 9.17) is 9.47 Å². The van der Waals surface area contributed by atoms with E-state index >= 15 is 0 Å². The predicted octanol–water partition coefficient (Wildman–Crippen LogP) is 4.05. The Kier molecular flexibility index (Phi) is 3.35. The maximum Gasteiger partial charge on any atom is 0.319 e. The quantitative estimate of drug-likeness (QED) is 0.619. The van der Waals surface area contributed by atoms with Crippen LogP contribution in [0.1, 0.15) is 34.9 Å². The van der Waals surface area contributed by atoms with Gasteiger partial charge in [-0.05, 0) is 54.0 Å². The Balaban J connectivity index is 1.34. The smallest absolute Gasteiger partial charge is 0.319 e. The van der Waals surface area contributed by atoms with Crippen molar-refractivity contribution >= 4 is 28.6 Å². The molecule has 5 heteroatoms. The van der Waals surface area contributed by atoms with Crippen LogP contribution in [0.25, 0.3) is 0 Å². The molecule has 3 fully saturated rings. The van der Waals surface area contributed by atoms with Crippen molar-refractivity contribution in [1.82, 2.24) is 0 Å². The van der Waals surface area contributed by atoms with Gasteiger partial charge in [-0.1, -0.05) is 12.1 Å². The number of hydrogen-bond donors (Lipinski definition) is 0. The molecule has 3 heterocycles. The van der Waals surface area contributed by atoms with Crippen LogP contribution in [-0.2, 0) is 14.3 Å². The molecule has 0 amide bonds. The van der Waals surface area contributed by atoms with Gasteiger partial charge in [0.05, 0.1) is 12.2 Å². The first-order valence-corrected chi connectivity index (χ1v) is 9.98. The summed E-state index contributed by atoms with van der Waals surface area (Å²) < 4.78 is 11.7. The van der Waals surface area contributed by atoms with Gasteiger partial charge in [0.1, 0.15) is 12.0 Å². The molecule has 2 aromatic rings. The number of rotatable bonds is 4. The summed E-state index contributed by atoms with van der Waals surface area (Å²) in [5, 5.41) is 4.05. The molecule has 3 aliphatic rings. The molecule has 4 atom stereocenters. The molecule has 1 saturated heterocycles. The molecule has 5 rings (SSSR count). The molecule has 0 N–H and O–H groups in total. The number of hydrogen-bond acceptors (Lipinski definition) is 5. The van der Waals surface area contributed by atoms with Gasteiger partial charge >= 0.3 is 5.97 Å². The van der Waals surface area contributed by atoms with Gasteiger partial charge in [-0.2, -0.15) is 0 Å². The Morgan fingerprint density at radius 1 is 1.04 bits per heavy atom. The third-order valence-corrected chi connectivity index (χ3v) is 7.28. The maximum atomic E-state index is 12.9. The van der Waals surface area contributed by atoms with E-state index in [0.717, 1.165) is 22.6 Å². The van der Waals surface area contributed by atoms with Gasteiger partial charge in [0.25, 0.3) is 0 Å². The first-order valence-electron chi connectivity index (χ1n) is 8.22. The summed E-state index contributed by atoms with van der Waals surface area (Å²) in [5.41, 5.74) is 0. The largest absolute Gasteiger partial charge is 0.462 e. The van der Waals surface area contributed by atoms with Gasteiger partial charge in [0.2, 0.25) is 0 Å². The van der Waals surface area contributed by atoms with E-state index in [0.29, 0.717) is 24.0 Å². The first-order chi connectivity index (χ1) is 11.3. The van der Waals surface area contributed by atoms with E-state index in [1.165, 1.54) is 6.42 Å². The summed E-state index contributed by atoms with van der Waals surface area (Å²) in [6, 6.07) is 8.06. The molecule has 0 aromatic carbocycles. The summed E-state index contributed by atoms with van der Waals surface area (Å²) in [6.07, 6.45) is 4.23. The van der Waals surface area contributed by atoms with Crippen LogP contribution in [0.3, 0.4) is 0 Å². The fourth-order valence-electron chi connectivity index (χ4n) is 4.40. The van der Waals surface area contributed by atoms with Crippen LogP contribution < -0.4 is 0 Å². The summed E-state index contributed by atoms with van der Waals surface area (Å²) in [7, 11) is 0. The monoisotopic (exact) mass is 346 g/mol. The second-order valence-corrected chi connectivity index (χ2v) is 8.77. The number of ether oxygens (including phenoxy) is 2. The fourth-order valence-corrected chi connectivity index (χ4v) is 6.13. The van der Waals surface area contributed by atoms with Crippen LogP contribution in [0.4, 0.5) is 0 Å². The van der Waals surface area contributed by atoms with E-state index in [1.54, 1.807) is 22.7 Å². The zero-order valence-corrected chi connectivity index (χ0v) is 14.2. The SMILES string of the molecule is O=C(OC1CC2CC(C1)C1OC21)C(c1cccs1)c1cccs1. The minimum absolute atomic E-state index is 0.0741. The van der Waals surface area contributed by atoms with Crippen LogP contribution >= 0.6 is 22.7 Å². The molecular weight excluding hydrogens is 328 g/mol. The predicted molar refractivity (Wildman–Crippen MR) is 89.9 cm³/mol. The summed E-state index contributed by atoms with van der Waals surface area (Å²) in [4.78, 5) is 15.0. The average Bonchev–Trinajstić information content (AvgIpc) is 2.91. The Labute approximate surface area is 143 Å². The Morgan fingerprint density at radius 3 is 2.17 bits per heavy atom. The lowest BCUT2D eigenvalue weighted by Gasteiger charge is -2.30. The average molecular weight is 346 g/mol.